The maximum absolute atomic E-state index is 12.2. The van der Waals surface area contributed by atoms with Gasteiger partial charge in [-0.2, -0.15) is 0 Å². The van der Waals surface area contributed by atoms with E-state index in [1.165, 1.54) is 6.26 Å². The summed E-state index contributed by atoms with van der Waals surface area (Å²) < 4.78 is 10.5. The quantitative estimate of drug-likeness (QED) is 0.550. The highest BCUT2D eigenvalue weighted by Gasteiger charge is 2.09. The Bertz CT molecular complexity index is 938. The first-order valence-electron chi connectivity index (χ1n) is 8.85. The average molecular weight is 379 g/mol. The van der Waals surface area contributed by atoms with Crippen LogP contribution in [0.1, 0.15) is 17.5 Å². The summed E-state index contributed by atoms with van der Waals surface area (Å²) in [6.45, 7) is 2.54. The fourth-order valence-corrected chi connectivity index (χ4v) is 2.53. The second kappa shape index (κ2) is 9.27. The Morgan fingerprint density at radius 1 is 0.929 bits per heavy atom. The van der Waals surface area contributed by atoms with Gasteiger partial charge in [-0.05, 0) is 49.4 Å². The molecule has 2 amide bonds. The van der Waals surface area contributed by atoms with Crippen LogP contribution >= 0.6 is 0 Å². The summed E-state index contributed by atoms with van der Waals surface area (Å²) in [5.74, 6) is 0.396. The maximum Gasteiger partial charge on any atom is 0.291 e. The zero-order valence-electron chi connectivity index (χ0n) is 15.4. The normalized spacial score (nSPS) is 10.2. The van der Waals surface area contributed by atoms with Gasteiger partial charge >= 0.3 is 0 Å². The standard InChI is InChI=1S/C21H21N3O4/c1-2-27-18-9-4-8-17(13-18)23-20(25)14-22-15-6-3-7-16(12-15)24-21(26)19-10-5-11-28-19/h3-13,22H,2,14H2,1H3,(H,23,25)(H,24,26). The molecule has 0 atom stereocenters. The number of ether oxygens (including phenoxy) is 1. The number of furan rings is 1. The van der Waals surface area contributed by atoms with Crippen molar-refractivity contribution >= 4 is 28.9 Å². The van der Waals surface area contributed by atoms with E-state index < -0.39 is 0 Å². The first-order valence-corrected chi connectivity index (χ1v) is 8.85. The molecular weight excluding hydrogens is 358 g/mol. The number of carbonyl (C=O) groups is 2. The van der Waals surface area contributed by atoms with Crippen molar-refractivity contribution in [3.8, 4) is 5.75 Å². The molecule has 0 aliphatic carbocycles. The van der Waals surface area contributed by atoms with Crippen LogP contribution in [-0.4, -0.2) is 25.0 Å². The van der Waals surface area contributed by atoms with Gasteiger partial charge in [-0.25, -0.2) is 0 Å². The number of hydrogen-bond donors (Lipinski definition) is 3. The van der Waals surface area contributed by atoms with Gasteiger partial charge in [0.05, 0.1) is 19.4 Å². The first kappa shape index (κ1) is 19.0. The molecule has 0 unspecified atom stereocenters. The number of carbonyl (C=O) groups excluding carboxylic acids is 2. The molecule has 3 aromatic rings. The molecule has 144 valence electrons. The SMILES string of the molecule is CCOc1cccc(NC(=O)CNc2cccc(NC(=O)c3ccco3)c2)c1. The average Bonchev–Trinajstić information content (AvgIpc) is 3.22. The number of anilines is 3. The summed E-state index contributed by atoms with van der Waals surface area (Å²) >= 11 is 0. The Morgan fingerprint density at radius 2 is 1.68 bits per heavy atom. The number of amides is 2. The van der Waals surface area contributed by atoms with E-state index in [0.717, 1.165) is 0 Å². The summed E-state index contributed by atoms with van der Waals surface area (Å²) in [5, 5.41) is 8.59. The van der Waals surface area contributed by atoms with Crippen LogP contribution in [-0.2, 0) is 4.79 Å². The van der Waals surface area contributed by atoms with E-state index in [1.54, 1.807) is 42.5 Å². The fraction of sp³-hybridized carbons (Fsp3) is 0.143. The van der Waals surface area contributed by atoms with Crippen molar-refractivity contribution in [1.29, 1.82) is 0 Å². The zero-order valence-corrected chi connectivity index (χ0v) is 15.4. The number of rotatable bonds is 8. The van der Waals surface area contributed by atoms with Crippen LogP contribution in [0.2, 0.25) is 0 Å². The number of nitrogens with one attached hydrogen (secondary N) is 3. The molecule has 7 nitrogen and oxygen atoms in total. The maximum atomic E-state index is 12.2. The van der Waals surface area contributed by atoms with Crippen LogP contribution < -0.4 is 20.7 Å². The number of benzene rings is 2. The van der Waals surface area contributed by atoms with E-state index in [-0.39, 0.29) is 24.1 Å². The molecule has 0 bridgehead atoms. The molecule has 3 rings (SSSR count). The molecule has 3 N–H and O–H groups in total. The van der Waals surface area contributed by atoms with E-state index in [0.29, 0.717) is 29.4 Å². The third-order valence-electron chi connectivity index (χ3n) is 3.75. The molecule has 0 saturated heterocycles. The Kier molecular flexibility index (Phi) is 6.30. The topological polar surface area (TPSA) is 92.6 Å². The molecule has 2 aromatic carbocycles. The predicted molar refractivity (Wildman–Crippen MR) is 108 cm³/mol. The largest absolute Gasteiger partial charge is 0.494 e. The third-order valence-corrected chi connectivity index (χ3v) is 3.75. The van der Waals surface area contributed by atoms with Crippen molar-refractivity contribution in [2.45, 2.75) is 6.92 Å². The lowest BCUT2D eigenvalue weighted by Gasteiger charge is -2.10. The lowest BCUT2D eigenvalue weighted by atomic mass is 10.2. The highest BCUT2D eigenvalue weighted by molar-refractivity contribution is 6.02. The van der Waals surface area contributed by atoms with Crippen molar-refractivity contribution in [2.75, 3.05) is 29.1 Å². The van der Waals surface area contributed by atoms with Crippen molar-refractivity contribution in [1.82, 2.24) is 0 Å². The Morgan fingerprint density at radius 3 is 2.43 bits per heavy atom. The van der Waals surface area contributed by atoms with Gasteiger partial charge in [0.25, 0.3) is 5.91 Å². The molecule has 0 aliphatic rings. The molecule has 0 radical (unpaired) electrons. The van der Waals surface area contributed by atoms with Gasteiger partial charge in [-0.1, -0.05) is 12.1 Å². The summed E-state index contributed by atoms with van der Waals surface area (Å²) in [5.41, 5.74) is 1.96. The van der Waals surface area contributed by atoms with Crippen molar-refractivity contribution in [2.24, 2.45) is 0 Å². The minimum Gasteiger partial charge on any atom is -0.494 e. The number of hydrogen-bond acceptors (Lipinski definition) is 5. The molecular formula is C21H21N3O4. The molecule has 7 heteroatoms. The van der Waals surface area contributed by atoms with Gasteiger partial charge < -0.3 is 25.1 Å². The monoisotopic (exact) mass is 379 g/mol. The Hall–Kier alpha value is -3.74. The minimum atomic E-state index is -0.339. The van der Waals surface area contributed by atoms with E-state index in [9.17, 15) is 9.59 Å². The van der Waals surface area contributed by atoms with Crippen LogP contribution in [0.5, 0.6) is 5.75 Å². The predicted octanol–water partition coefficient (Wildman–Crippen LogP) is 3.98. The lowest BCUT2D eigenvalue weighted by molar-refractivity contribution is -0.114. The van der Waals surface area contributed by atoms with Gasteiger partial charge in [-0.15, -0.1) is 0 Å². The Labute approximate surface area is 162 Å². The highest BCUT2D eigenvalue weighted by Crippen LogP contribution is 2.18. The van der Waals surface area contributed by atoms with Crippen LogP contribution in [0.3, 0.4) is 0 Å². The van der Waals surface area contributed by atoms with Gasteiger partial charge in [-0.3, -0.25) is 9.59 Å². The van der Waals surface area contributed by atoms with Crippen LogP contribution in [0, 0.1) is 0 Å². The lowest BCUT2D eigenvalue weighted by Crippen LogP contribution is -2.21. The molecule has 0 saturated carbocycles. The minimum absolute atomic E-state index is 0.0778. The highest BCUT2D eigenvalue weighted by atomic mass is 16.5. The van der Waals surface area contributed by atoms with E-state index in [4.69, 9.17) is 9.15 Å². The summed E-state index contributed by atoms with van der Waals surface area (Å²) in [4.78, 5) is 24.2. The molecule has 0 aliphatic heterocycles. The third kappa shape index (κ3) is 5.38. The van der Waals surface area contributed by atoms with Crippen LogP contribution in [0.25, 0.3) is 0 Å². The summed E-state index contributed by atoms with van der Waals surface area (Å²) in [7, 11) is 0. The smallest absolute Gasteiger partial charge is 0.291 e. The van der Waals surface area contributed by atoms with Crippen molar-refractivity contribution in [3.63, 3.8) is 0 Å². The summed E-state index contributed by atoms with van der Waals surface area (Å²) in [6.07, 6.45) is 1.44. The van der Waals surface area contributed by atoms with Crippen LogP contribution in [0.4, 0.5) is 17.1 Å². The van der Waals surface area contributed by atoms with E-state index >= 15 is 0 Å². The van der Waals surface area contributed by atoms with E-state index in [1.807, 2.05) is 25.1 Å². The molecule has 0 fully saturated rings. The zero-order chi connectivity index (χ0) is 19.8. The molecule has 28 heavy (non-hydrogen) atoms. The van der Waals surface area contributed by atoms with Crippen molar-refractivity contribution < 1.29 is 18.7 Å². The van der Waals surface area contributed by atoms with Gasteiger partial charge in [0.15, 0.2) is 5.76 Å². The van der Waals surface area contributed by atoms with E-state index in [2.05, 4.69) is 16.0 Å². The Balaban J connectivity index is 1.53. The second-order valence-corrected chi connectivity index (χ2v) is 5.87. The van der Waals surface area contributed by atoms with Gasteiger partial charge in [0.1, 0.15) is 5.75 Å². The second-order valence-electron chi connectivity index (χ2n) is 5.87. The summed E-state index contributed by atoms with van der Waals surface area (Å²) in [6, 6.07) is 17.5. The van der Waals surface area contributed by atoms with Gasteiger partial charge in [0.2, 0.25) is 5.91 Å². The fourth-order valence-electron chi connectivity index (χ4n) is 2.53. The van der Waals surface area contributed by atoms with Crippen molar-refractivity contribution in [3.05, 3.63) is 72.7 Å². The van der Waals surface area contributed by atoms with Crippen LogP contribution in [0.15, 0.2) is 71.3 Å². The van der Waals surface area contributed by atoms with Gasteiger partial charge in [0, 0.05) is 23.1 Å². The molecule has 1 heterocycles. The molecule has 1 aromatic heterocycles. The first-order chi connectivity index (χ1) is 13.6. The molecule has 0 spiro atoms.